The molecule has 0 saturated carbocycles. The van der Waals surface area contributed by atoms with Crippen LogP contribution in [-0.2, 0) is 17.8 Å². The maximum absolute atomic E-state index is 12.5. The summed E-state index contributed by atoms with van der Waals surface area (Å²) in [6.45, 7) is 5.30. The second kappa shape index (κ2) is 11.7. The summed E-state index contributed by atoms with van der Waals surface area (Å²) in [6.07, 6.45) is 3.71. The molecule has 3 aromatic rings. The molecule has 1 N–H and O–H groups in total. The minimum absolute atomic E-state index is 0.0938. The Hall–Kier alpha value is -2.77. The van der Waals surface area contributed by atoms with Gasteiger partial charge in [0.15, 0.2) is 0 Å². The number of likely N-dealkylation sites (tertiary alicyclic amines) is 1. The molecule has 4 rings (SSSR count). The van der Waals surface area contributed by atoms with Gasteiger partial charge >= 0.3 is 0 Å². The van der Waals surface area contributed by atoms with E-state index in [0.29, 0.717) is 25.9 Å². The van der Waals surface area contributed by atoms with E-state index in [0.717, 1.165) is 37.1 Å². The van der Waals surface area contributed by atoms with Gasteiger partial charge in [-0.2, -0.15) is 4.37 Å². The summed E-state index contributed by atoms with van der Waals surface area (Å²) in [5.41, 5.74) is 2.39. The zero-order valence-electron chi connectivity index (χ0n) is 18.4. The van der Waals surface area contributed by atoms with Gasteiger partial charge in [0, 0.05) is 50.6 Å². The number of hydrogen-bond donors (Lipinski definition) is 1. The molecule has 0 spiro atoms. The van der Waals surface area contributed by atoms with E-state index in [9.17, 15) is 4.79 Å². The Morgan fingerprint density at radius 2 is 1.69 bits per heavy atom. The highest BCUT2D eigenvalue weighted by atomic mass is 32.1. The Morgan fingerprint density at radius 3 is 2.41 bits per heavy atom. The summed E-state index contributed by atoms with van der Waals surface area (Å²) in [5, 5.41) is 3.94. The quantitative estimate of drug-likeness (QED) is 0.483. The molecule has 1 aliphatic heterocycles. The minimum atomic E-state index is 0.0938. The van der Waals surface area contributed by atoms with Crippen LogP contribution in [0.5, 0.6) is 0 Å². The predicted octanol–water partition coefficient (Wildman–Crippen LogP) is 3.74. The summed E-state index contributed by atoms with van der Waals surface area (Å²) in [4.78, 5) is 21.8. The molecule has 7 heteroatoms. The highest BCUT2D eigenvalue weighted by Gasteiger charge is 2.16. The van der Waals surface area contributed by atoms with Crippen LogP contribution in [0.4, 0.5) is 5.13 Å². The van der Waals surface area contributed by atoms with Gasteiger partial charge in [-0.15, -0.1) is 0 Å². The molecule has 168 valence electrons. The van der Waals surface area contributed by atoms with Gasteiger partial charge < -0.3 is 15.1 Å². The van der Waals surface area contributed by atoms with Crippen LogP contribution < -0.4 is 10.2 Å². The van der Waals surface area contributed by atoms with Crippen LogP contribution in [0.3, 0.4) is 0 Å². The number of rotatable bonds is 11. The lowest BCUT2D eigenvalue weighted by Crippen LogP contribution is -2.35. The Bertz CT molecular complexity index is 957. The number of benzene rings is 2. The van der Waals surface area contributed by atoms with Crippen molar-refractivity contribution in [3.05, 3.63) is 77.6 Å². The van der Waals surface area contributed by atoms with E-state index in [1.807, 2.05) is 36.4 Å². The van der Waals surface area contributed by atoms with Crippen LogP contribution >= 0.6 is 11.5 Å². The lowest BCUT2D eigenvalue weighted by atomic mass is 10.1. The molecule has 32 heavy (non-hydrogen) atoms. The molecule has 1 saturated heterocycles. The van der Waals surface area contributed by atoms with Gasteiger partial charge in [-0.1, -0.05) is 60.7 Å². The first-order valence-electron chi connectivity index (χ1n) is 11.4. The summed E-state index contributed by atoms with van der Waals surface area (Å²) in [7, 11) is 0. The van der Waals surface area contributed by atoms with Crippen molar-refractivity contribution in [2.45, 2.75) is 32.2 Å². The molecule has 0 unspecified atom stereocenters. The smallest absolute Gasteiger partial charge is 0.221 e. The first kappa shape index (κ1) is 22.4. The topological polar surface area (TPSA) is 61.4 Å². The second-order valence-corrected chi connectivity index (χ2v) is 8.94. The molecule has 0 bridgehead atoms. The van der Waals surface area contributed by atoms with Gasteiger partial charge in [-0.3, -0.25) is 4.79 Å². The van der Waals surface area contributed by atoms with Crippen molar-refractivity contribution in [2.75, 3.05) is 37.6 Å². The third-order valence-corrected chi connectivity index (χ3v) is 6.52. The molecule has 0 atom stereocenters. The molecule has 0 radical (unpaired) electrons. The number of aromatic nitrogens is 2. The van der Waals surface area contributed by atoms with Gasteiger partial charge in [0.1, 0.15) is 5.82 Å². The first-order chi connectivity index (χ1) is 15.8. The maximum Gasteiger partial charge on any atom is 0.221 e. The normalized spacial score (nSPS) is 13.9. The van der Waals surface area contributed by atoms with Crippen molar-refractivity contribution in [3.8, 4) is 0 Å². The van der Waals surface area contributed by atoms with Crippen LogP contribution in [0.25, 0.3) is 0 Å². The fourth-order valence-corrected chi connectivity index (χ4v) is 4.66. The molecule has 1 fully saturated rings. The van der Waals surface area contributed by atoms with Crippen molar-refractivity contribution in [1.82, 2.24) is 19.6 Å². The Kier molecular flexibility index (Phi) is 8.23. The zero-order chi connectivity index (χ0) is 22.0. The van der Waals surface area contributed by atoms with Gasteiger partial charge in [0.05, 0.1) is 0 Å². The van der Waals surface area contributed by atoms with Crippen molar-refractivity contribution in [1.29, 1.82) is 0 Å². The van der Waals surface area contributed by atoms with Gasteiger partial charge in [-0.25, -0.2) is 4.98 Å². The largest absolute Gasteiger partial charge is 0.355 e. The molecular weight excluding hydrogens is 418 g/mol. The van der Waals surface area contributed by atoms with E-state index < -0.39 is 0 Å². The Labute approximate surface area is 194 Å². The molecular formula is C25H31N5OS. The van der Waals surface area contributed by atoms with Crippen molar-refractivity contribution in [2.24, 2.45) is 0 Å². The van der Waals surface area contributed by atoms with Crippen LogP contribution in [0.15, 0.2) is 60.7 Å². The van der Waals surface area contributed by atoms with E-state index >= 15 is 0 Å². The number of carbonyl (C=O) groups excluding carboxylic acids is 1. The molecule has 2 heterocycles. The molecule has 1 aliphatic rings. The third-order valence-electron chi connectivity index (χ3n) is 5.71. The lowest BCUT2D eigenvalue weighted by Gasteiger charge is -2.21. The Balaban J connectivity index is 1.35. The summed E-state index contributed by atoms with van der Waals surface area (Å²) < 4.78 is 4.58. The maximum atomic E-state index is 12.5. The number of anilines is 1. The van der Waals surface area contributed by atoms with Crippen LogP contribution in [0.1, 0.15) is 36.2 Å². The van der Waals surface area contributed by atoms with Gasteiger partial charge in [-0.05, 0) is 37.1 Å². The van der Waals surface area contributed by atoms with Crippen molar-refractivity contribution >= 4 is 22.6 Å². The van der Waals surface area contributed by atoms with E-state index in [4.69, 9.17) is 4.98 Å². The number of nitrogens with zero attached hydrogens (tertiary/aromatic N) is 4. The summed E-state index contributed by atoms with van der Waals surface area (Å²) in [5.74, 6) is 0.917. The molecule has 0 aliphatic carbocycles. The van der Waals surface area contributed by atoms with E-state index in [-0.39, 0.29) is 5.91 Å². The molecule has 1 aromatic heterocycles. The molecule has 1 amide bonds. The van der Waals surface area contributed by atoms with Crippen molar-refractivity contribution in [3.63, 3.8) is 0 Å². The summed E-state index contributed by atoms with van der Waals surface area (Å²) >= 11 is 1.41. The number of nitrogens with one attached hydrogen (secondary N) is 1. The zero-order valence-corrected chi connectivity index (χ0v) is 19.3. The van der Waals surface area contributed by atoms with Crippen LogP contribution in [-0.4, -0.2) is 52.9 Å². The van der Waals surface area contributed by atoms with Crippen molar-refractivity contribution < 1.29 is 4.79 Å². The van der Waals surface area contributed by atoms with Gasteiger partial charge in [0.25, 0.3) is 0 Å². The molecule has 6 nitrogen and oxygen atoms in total. The van der Waals surface area contributed by atoms with Crippen LogP contribution in [0.2, 0.25) is 0 Å². The lowest BCUT2D eigenvalue weighted by molar-refractivity contribution is -0.120. The highest BCUT2D eigenvalue weighted by molar-refractivity contribution is 7.09. The average molecular weight is 450 g/mol. The highest BCUT2D eigenvalue weighted by Crippen LogP contribution is 2.21. The monoisotopic (exact) mass is 449 g/mol. The van der Waals surface area contributed by atoms with E-state index in [1.54, 1.807) is 0 Å². The fraction of sp³-hybridized carbons (Fsp3) is 0.400. The van der Waals surface area contributed by atoms with Gasteiger partial charge in [0.2, 0.25) is 11.0 Å². The first-order valence-corrected chi connectivity index (χ1v) is 12.2. The van der Waals surface area contributed by atoms with E-state index in [2.05, 4.69) is 43.8 Å². The standard InChI is InChI=1S/C25H31N5OS/c31-24(26-14-18-29-15-7-8-16-29)13-17-30(20-22-11-5-2-6-12-22)25-27-23(28-32-25)19-21-9-3-1-4-10-21/h1-6,9-12H,7-8,13-20H2,(H,26,31). The Morgan fingerprint density at radius 1 is 1.00 bits per heavy atom. The number of amides is 1. The third kappa shape index (κ3) is 6.87. The second-order valence-electron chi connectivity index (χ2n) is 8.21. The number of carbonyl (C=O) groups is 1. The minimum Gasteiger partial charge on any atom is -0.355 e. The SMILES string of the molecule is O=C(CCN(Cc1ccccc1)c1nc(Cc2ccccc2)ns1)NCCN1CCCC1. The average Bonchev–Trinajstić information content (AvgIpc) is 3.50. The summed E-state index contributed by atoms with van der Waals surface area (Å²) in [6, 6.07) is 20.6. The fourth-order valence-electron chi connectivity index (χ4n) is 3.95. The number of hydrogen-bond acceptors (Lipinski definition) is 6. The predicted molar refractivity (Wildman–Crippen MR) is 130 cm³/mol. The van der Waals surface area contributed by atoms with E-state index in [1.165, 1.54) is 35.5 Å². The molecule has 2 aromatic carbocycles. The van der Waals surface area contributed by atoms with Crippen LogP contribution in [0, 0.1) is 0 Å².